The fraction of sp³-hybridized carbons (Fsp3) is 0.0714. The van der Waals surface area contributed by atoms with Gasteiger partial charge in [0.2, 0.25) is 0 Å². The van der Waals surface area contributed by atoms with Gasteiger partial charge in [0, 0.05) is 10.2 Å². The lowest BCUT2D eigenvalue weighted by Gasteiger charge is -2.08. The Labute approximate surface area is 118 Å². The van der Waals surface area contributed by atoms with E-state index in [-0.39, 0.29) is 5.91 Å². The third kappa shape index (κ3) is 3.32. The molecule has 2 aromatic carbocycles. The number of halogens is 2. The van der Waals surface area contributed by atoms with Crippen molar-refractivity contribution in [1.82, 2.24) is 0 Å². The number of carbonyl (C=O) groups is 1. The summed E-state index contributed by atoms with van der Waals surface area (Å²) in [5, 5.41) is 2.63. The molecule has 0 aromatic heterocycles. The maximum absolute atomic E-state index is 13.0. The van der Waals surface area contributed by atoms with Crippen LogP contribution in [-0.2, 0) is 0 Å². The lowest BCUT2D eigenvalue weighted by molar-refractivity contribution is 0.102. The lowest BCUT2D eigenvalue weighted by atomic mass is 10.2. The van der Waals surface area contributed by atoms with E-state index in [1.165, 1.54) is 25.3 Å². The summed E-state index contributed by atoms with van der Waals surface area (Å²) >= 11 is 3.30. The van der Waals surface area contributed by atoms with Gasteiger partial charge in [0.15, 0.2) is 0 Å². The number of nitrogens with one attached hydrogen (secondary N) is 1. The van der Waals surface area contributed by atoms with Crippen molar-refractivity contribution in [2.24, 2.45) is 0 Å². The zero-order valence-electron chi connectivity index (χ0n) is 10.1. The van der Waals surface area contributed by atoms with Gasteiger partial charge in [0.1, 0.15) is 11.6 Å². The van der Waals surface area contributed by atoms with Crippen molar-refractivity contribution in [2.45, 2.75) is 0 Å². The van der Waals surface area contributed by atoms with Crippen molar-refractivity contribution < 1.29 is 13.9 Å². The van der Waals surface area contributed by atoms with Crippen LogP contribution >= 0.6 is 15.9 Å². The molecule has 0 atom stereocenters. The van der Waals surface area contributed by atoms with Crippen LogP contribution in [0, 0.1) is 5.82 Å². The molecular formula is C14H11BrFNO2. The van der Waals surface area contributed by atoms with E-state index in [9.17, 15) is 9.18 Å². The number of methoxy groups -OCH3 is 1. The van der Waals surface area contributed by atoms with Gasteiger partial charge in [-0.2, -0.15) is 0 Å². The predicted octanol–water partition coefficient (Wildman–Crippen LogP) is 3.85. The van der Waals surface area contributed by atoms with Gasteiger partial charge in [-0.3, -0.25) is 4.79 Å². The quantitative estimate of drug-likeness (QED) is 0.931. The number of anilines is 1. The zero-order valence-corrected chi connectivity index (χ0v) is 11.7. The molecule has 0 fully saturated rings. The Morgan fingerprint density at radius 1 is 1.26 bits per heavy atom. The summed E-state index contributed by atoms with van der Waals surface area (Å²) in [6.45, 7) is 0. The van der Waals surface area contributed by atoms with Crippen LogP contribution in [0.25, 0.3) is 0 Å². The van der Waals surface area contributed by atoms with Crippen molar-refractivity contribution in [2.75, 3.05) is 12.4 Å². The topological polar surface area (TPSA) is 38.3 Å². The molecule has 2 rings (SSSR count). The Balaban J connectivity index is 2.25. The third-order valence-corrected chi connectivity index (χ3v) is 3.19. The van der Waals surface area contributed by atoms with Crippen LogP contribution in [-0.4, -0.2) is 13.0 Å². The van der Waals surface area contributed by atoms with Gasteiger partial charge in [-0.25, -0.2) is 4.39 Å². The van der Waals surface area contributed by atoms with Crippen LogP contribution in [0.15, 0.2) is 46.9 Å². The van der Waals surface area contributed by atoms with E-state index in [4.69, 9.17) is 4.74 Å². The molecule has 19 heavy (non-hydrogen) atoms. The summed E-state index contributed by atoms with van der Waals surface area (Å²) in [5.74, 6) is -0.161. The molecule has 0 radical (unpaired) electrons. The fourth-order valence-corrected chi connectivity index (χ4v) is 2.00. The van der Waals surface area contributed by atoms with Gasteiger partial charge in [0.05, 0.1) is 12.7 Å². The number of benzene rings is 2. The van der Waals surface area contributed by atoms with Crippen molar-refractivity contribution in [3.8, 4) is 5.75 Å². The molecule has 0 saturated heterocycles. The number of amides is 1. The smallest absolute Gasteiger partial charge is 0.256 e. The molecule has 0 bridgehead atoms. The Bertz CT molecular complexity index is 616. The van der Waals surface area contributed by atoms with E-state index >= 15 is 0 Å². The Morgan fingerprint density at radius 3 is 2.74 bits per heavy atom. The summed E-state index contributed by atoms with van der Waals surface area (Å²) in [6, 6.07) is 10.8. The first-order valence-corrected chi connectivity index (χ1v) is 6.30. The van der Waals surface area contributed by atoms with E-state index in [0.717, 1.165) is 0 Å². The molecule has 3 nitrogen and oxygen atoms in total. The van der Waals surface area contributed by atoms with E-state index in [1.54, 1.807) is 24.3 Å². The van der Waals surface area contributed by atoms with Crippen LogP contribution in [0.1, 0.15) is 10.4 Å². The number of rotatable bonds is 3. The average molecular weight is 324 g/mol. The highest BCUT2D eigenvalue weighted by Crippen LogP contribution is 2.23. The first-order valence-electron chi connectivity index (χ1n) is 5.50. The van der Waals surface area contributed by atoms with Crippen LogP contribution in [0.3, 0.4) is 0 Å². The molecule has 0 aliphatic rings. The van der Waals surface area contributed by atoms with Crippen LogP contribution in [0.5, 0.6) is 5.75 Å². The molecular weight excluding hydrogens is 313 g/mol. The van der Waals surface area contributed by atoms with E-state index in [2.05, 4.69) is 21.2 Å². The summed E-state index contributed by atoms with van der Waals surface area (Å²) < 4.78 is 18.7. The average Bonchev–Trinajstić information content (AvgIpc) is 2.39. The molecule has 98 valence electrons. The SMILES string of the molecule is COc1ccc(Br)c(C(=O)Nc2cccc(F)c2)c1. The molecule has 0 unspecified atom stereocenters. The van der Waals surface area contributed by atoms with E-state index in [0.29, 0.717) is 21.5 Å². The van der Waals surface area contributed by atoms with Crippen molar-refractivity contribution >= 4 is 27.5 Å². The second kappa shape index (κ2) is 5.84. The fourth-order valence-electron chi connectivity index (χ4n) is 1.57. The largest absolute Gasteiger partial charge is 0.497 e. The normalized spacial score (nSPS) is 10.1. The first-order chi connectivity index (χ1) is 9.10. The highest BCUT2D eigenvalue weighted by atomic mass is 79.9. The van der Waals surface area contributed by atoms with Crippen molar-refractivity contribution in [1.29, 1.82) is 0 Å². The highest BCUT2D eigenvalue weighted by Gasteiger charge is 2.11. The number of hydrogen-bond donors (Lipinski definition) is 1. The Morgan fingerprint density at radius 2 is 2.05 bits per heavy atom. The lowest BCUT2D eigenvalue weighted by Crippen LogP contribution is -2.12. The van der Waals surface area contributed by atoms with Gasteiger partial charge in [-0.1, -0.05) is 6.07 Å². The standard InChI is InChI=1S/C14H11BrFNO2/c1-19-11-5-6-13(15)12(8-11)14(18)17-10-4-2-3-9(16)7-10/h2-8H,1H3,(H,17,18). The minimum atomic E-state index is -0.400. The Hall–Kier alpha value is -1.88. The van der Waals surface area contributed by atoms with E-state index < -0.39 is 5.82 Å². The minimum Gasteiger partial charge on any atom is -0.497 e. The summed E-state index contributed by atoms with van der Waals surface area (Å²) in [7, 11) is 1.53. The number of hydrogen-bond acceptors (Lipinski definition) is 2. The van der Waals surface area contributed by atoms with Gasteiger partial charge in [0.25, 0.3) is 5.91 Å². The number of ether oxygens (including phenoxy) is 1. The maximum atomic E-state index is 13.0. The third-order valence-electron chi connectivity index (χ3n) is 2.50. The van der Waals surface area contributed by atoms with Gasteiger partial charge >= 0.3 is 0 Å². The Kier molecular flexibility index (Phi) is 4.16. The van der Waals surface area contributed by atoms with E-state index in [1.807, 2.05) is 0 Å². The molecule has 1 amide bonds. The van der Waals surface area contributed by atoms with Crippen molar-refractivity contribution in [3.05, 3.63) is 58.3 Å². The van der Waals surface area contributed by atoms with Crippen molar-refractivity contribution in [3.63, 3.8) is 0 Å². The predicted molar refractivity (Wildman–Crippen MR) is 75.0 cm³/mol. The zero-order chi connectivity index (χ0) is 13.8. The molecule has 1 N–H and O–H groups in total. The minimum absolute atomic E-state index is 0.337. The second-order valence-electron chi connectivity index (χ2n) is 3.81. The van der Waals surface area contributed by atoms with Crippen LogP contribution < -0.4 is 10.1 Å². The van der Waals surface area contributed by atoms with Crippen LogP contribution in [0.2, 0.25) is 0 Å². The summed E-state index contributed by atoms with van der Waals surface area (Å²) in [6.07, 6.45) is 0. The molecule has 2 aromatic rings. The van der Waals surface area contributed by atoms with Crippen LogP contribution in [0.4, 0.5) is 10.1 Å². The summed E-state index contributed by atoms with van der Waals surface area (Å²) in [5.41, 5.74) is 0.823. The molecule has 0 aliphatic heterocycles. The molecule has 5 heteroatoms. The molecule has 0 aliphatic carbocycles. The van der Waals surface area contributed by atoms with Gasteiger partial charge < -0.3 is 10.1 Å². The van der Waals surface area contributed by atoms with Gasteiger partial charge in [-0.05, 0) is 52.3 Å². The monoisotopic (exact) mass is 323 g/mol. The summed E-state index contributed by atoms with van der Waals surface area (Å²) in [4.78, 5) is 12.1. The second-order valence-corrected chi connectivity index (χ2v) is 4.66. The van der Waals surface area contributed by atoms with Gasteiger partial charge in [-0.15, -0.1) is 0 Å². The molecule has 0 saturated carbocycles. The number of carbonyl (C=O) groups excluding carboxylic acids is 1. The highest BCUT2D eigenvalue weighted by molar-refractivity contribution is 9.10. The maximum Gasteiger partial charge on any atom is 0.256 e. The molecule has 0 heterocycles. The first kappa shape index (κ1) is 13.5. The molecule has 0 spiro atoms.